The average Bonchev–Trinajstić information content (AvgIpc) is 3.29. The van der Waals surface area contributed by atoms with Crippen molar-refractivity contribution in [3.05, 3.63) is 0 Å². The Morgan fingerprint density at radius 3 is 2.05 bits per heavy atom. The molecule has 0 saturated heterocycles. The van der Waals surface area contributed by atoms with Crippen molar-refractivity contribution in [2.24, 2.45) is 16.7 Å². The molecule has 21 heavy (non-hydrogen) atoms. The van der Waals surface area contributed by atoms with Crippen LogP contribution in [0.5, 0.6) is 0 Å². The van der Waals surface area contributed by atoms with Crippen LogP contribution >= 0.6 is 0 Å². The van der Waals surface area contributed by atoms with Crippen LogP contribution in [0.4, 0.5) is 0 Å². The molecule has 0 spiro atoms. The molecule has 2 saturated carbocycles. The van der Waals surface area contributed by atoms with Gasteiger partial charge in [-0.2, -0.15) is 0 Å². The molecule has 2 aliphatic rings. The van der Waals surface area contributed by atoms with Crippen molar-refractivity contribution in [3.8, 4) is 0 Å². The highest BCUT2D eigenvalue weighted by atomic mass is 28.4. The zero-order valence-corrected chi connectivity index (χ0v) is 15.1. The molecule has 0 bridgehead atoms. The first-order chi connectivity index (χ1) is 9.54. The van der Waals surface area contributed by atoms with Crippen molar-refractivity contribution in [2.75, 3.05) is 19.8 Å². The smallest absolute Gasteiger partial charge is 0.192 e. The first kappa shape index (κ1) is 17.4. The maximum atomic E-state index is 10.7. The minimum atomic E-state index is -1.80. The standard InChI is InChI=1S/C16H32O4Si/c1-14(2,3)21(4,5)20-11-15(6-7-15)13(19)12-8-16(12,9-17)10-18/h12-13,17-19H,6-11H2,1-5H3. The van der Waals surface area contributed by atoms with Gasteiger partial charge in [0, 0.05) is 17.4 Å². The Labute approximate surface area is 129 Å². The molecule has 0 amide bonds. The number of rotatable bonds is 7. The number of hydrogen-bond donors (Lipinski definition) is 3. The molecule has 2 aliphatic carbocycles. The summed E-state index contributed by atoms with van der Waals surface area (Å²) in [5.74, 6) is 0.0259. The van der Waals surface area contributed by atoms with E-state index in [-0.39, 0.29) is 29.6 Å². The van der Waals surface area contributed by atoms with Gasteiger partial charge >= 0.3 is 0 Å². The maximum absolute atomic E-state index is 10.7. The van der Waals surface area contributed by atoms with Gasteiger partial charge in [-0.25, -0.2) is 0 Å². The minimum Gasteiger partial charge on any atom is -0.416 e. The van der Waals surface area contributed by atoms with Gasteiger partial charge in [-0.15, -0.1) is 0 Å². The highest BCUT2D eigenvalue weighted by Crippen LogP contribution is 2.62. The second-order valence-corrected chi connectivity index (χ2v) is 13.7. The lowest BCUT2D eigenvalue weighted by atomic mass is 9.91. The molecule has 0 aliphatic heterocycles. The summed E-state index contributed by atoms with van der Waals surface area (Å²) >= 11 is 0. The highest BCUT2D eigenvalue weighted by Gasteiger charge is 2.64. The highest BCUT2D eigenvalue weighted by molar-refractivity contribution is 6.74. The molecular weight excluding hydrogens is 284 g/mol. The quantitative estimate of drug-likeness (QED) is 0.629. The van der Waals surface area contributed by atoms with Gasteiger partial charge in [0.05, 0.1) is 19.3 Å². The van der Waals surface area contributed by atoms with Crippen molar-refractivity contribution >= 4 is 8.32 Å². The van der Waals surface area contributed by atoms with Gasteiger partial charge in [-0.05, 0) is 43.3 Å². The summed E-state index contributed by atoms with van der Waals surface area (Å²) in [6.07, 6.45) is 2.25. The number of hydrogen-bond acceptors (Lipinski definition) is 4. The molecule has 2 fully saturated rings. The van der Waals surface area contributed by atoms with Crippen LogP contribution in [0.25, 0.3) is 0 Å². The monoisotopic (exact) mass is 316 g/mol. The predicted molar refractivity (Wildman–Crippen MR) is 85.5 cm³/mol. The fourth-order valence-electron chi connectivity index (χ4n) is 2.89. The summed E-state index contributed by atoms with van der Waals surface area (Å²) in [5.41, 5.74) is -0.585. The summed E-state index contributed by atoms with van der Waals surface area (Å²) in [5, 5.41) is 29.7. The van der Waals surface area contributed by atoms with E-state index in [1.807, 2.05) is 0 Å². The van der Waals surface area contributed by atoms with E-state index in [1.54, 1.807) is 0 Å². The zero-order valence-electron chi connectivity index (χ0n) is 14.1. The molecule has 3 N–H and O–H groups in total. The Morgan fingerprint density at radius 1 is 1.19 bits per heavy atom. The van der Waals surface area contributed by atoms with E-state index in [0.29, 0.717) is 6.61 Å². The van der Waals surface area contributed by atoms with Crippen molar-refractivity contribution < 1.29 is 19.7 Å². The molecule has 4 nitrogen and oxygen atoms in total. The molecular formula is C16H32O4Si. The van der Waals surface area contributed by atoms with E-state index in [9.17, 15) is 15.3 Å². The molecule has 2 atom stereocenters. The molecule has 0 aromatic rings. The van der Waals surface area contributed by atoms with Crippen molar-refractivity contribution in [3.63, 3.8) is 0 Å². The fraction of sp³-hybridized carbons (Fsp3) is 1.00. The van der Waals surface area contributed by atoms with Crippen molar-refractivity contribution in [1.82, 2.24) is 0 Å². The molecule has 124 valence electrons. The van der Waals surface area contributed by atoms with E-state index < -0.39 is 19.8 Å². The molecule has 0 aromatic carbocycles. The van der Waals surface area contributed by atoms with Crippen LogP contribution in [0, 0.1) is 16.7 Å². The van der Waals surface area contributed by atoms with E-state index in [4.69, 9.17) is 4.43 Å². The number of aliphatic hydroxyl groups is 3. The zero-order chi connectivity index (χ0) is 16.1. The van der Waals surface area contributed by atoms with Crippen LogP contribution in [0.2, 0.25) is 18.1 Å². The summed E-state index contributed by atoms with van der Waals surface area (Å²) in [6, 6.07) is 0. The SMILES string of the molecule is CC(C)(C)[Si](C)(C)OCC1(C(O)C2CC2(CO)CO)CC1. The van der Waals surface area contributed by atoms with Crippen LogP contribution in [0.1, 0.15) is 40.0 Å². The summed E-state index contributed by atoms with van der Waals surface area (Å²) < 4.78 is 6.31. The minimum absolute atomic E-state index is 0.0259. The average molecular weight is 317 g/mol. The lowest BCUT2D eigenvalue weighted by Crippen LogP contribution is -2.44. The van der Waals surface area contributed by atoms with Crippen LogP contribution in [0.3, 0.4) is 0 Å². The Balaban J connectivity index is 1.95. The van der Waals surface area contributed by atoms with Crippen LogP contribution in [-0.4, -0.2) is 49.6 Å². The third-order valence-electron chi connectivity index (χ3n) is 6.31. The molecule has 0 radical (unpaired) electrons. The molecule has 2 unspecified atom stereocenters. The Bertz CT molecular complexity index is 380. The molecule has 5 heteroatoms. The first-order valence-corrected chi connectivity index (χ1v) is 11.0. The van der Waals surface area contributed by atoms with Crippen LogP contribution in [0.15, 0.2) is 0 Å². The van der Waals surface area contributed by atoms with Gasteiger partial charge in [-0.1, -0.05) is 20.8 Å². The summed E-state index contributed by atoms with van der Waals surface area (Å²) in [7, 11) is -1.80. The third kappa shape index (κ3) is 3.08. The van der Waals surface area contributed by atoms with Crippen LogP contribution < -0.4 is 0 Å². The van der Waals surface area contributed by atoms with Gasteiger partial charge in [0.2, 0.25) is 0 Å². The third-order valence-corrected chi connectivity index (χ3v) is 10.8. The van der Waals surface area contributed by atoms with E-state index in [1.165, 1.54) is 0 Å². The van der Waals surface area contributed by atoms with E-state index >= 15 is 0 Å². The lowest BCUT2D eigenvalue weighted by Gasteiger charge is -2.38. The van der Waals surface area contributed by atoms with Gasteiger partial charge < -0.3 is 19.7 Å². The second kappa shape index (κ2) is 5.30. The first-order valence-electron chi connectivity index (χ1n) is 8.07. The topological polar surface area (TPSA) is 69.9 Å². The van der Waals surface area contributed by atoms with E-state index in [2.05, 4.69) is 33.9 Å². The molecule has 0 heterocycles. The predicted octanol–water partition coefficient (Wildman–Crippen LogP) is 2.14. The van der Waals surface area contributed by atoms with Crippen LogP contribution in [-0.2, 0) is 4.43 Å². The normalized spacial score (nSPS) is 28.3. The Kier molecular flexibility index (Phi) is 4.40. The van der Waals surface area contributed by atoms with Gasteiger partial charge in [0.1, 0.15) is 0 Å². The largest absolute Gasteiger partial charge is 0.416 e. The summed E-state index contributed by atoms with van der Waals surface area (Å²) in [4.78, 5) is 0. The lowest BCUT2D eigenvalue weighted by molar-refractivity contribution is 0.0114. The van der Waals surface area contributed by atoms with Gasteiger partial charge in [0.25, 0.3) is 0 Å². The van der Waals surface area contributed by atoms with Gasteiger partial charge in [-0.3, -0.25) is 0 Å². The maximum Gasteiger partial charge on any atom is 0.192 e. The van der Waals surface area contributed by atoms with Crippen molar-refractivity contribution in [2.45, 2.75) is 64.3 Å². The van der Waals surface area contributed by atoms with E-state index in [0.717, 1.165) is 19.3 Å². The fourth-order valence-corrected chi connectivity index (χ4v) is 3.97. The van der Waals surface area contributed by atoms with Gasteiger partial charge in [0.15, 0.2) is 8.32 Å². The Hall–Kier alpha value is 0.0569. The molecule has 0 aromatic heterocycles. The van der Waals surface area contributed by atoms with Crippen molar-refractivity contribution in [1.29, 1.82) is 0 Å². The summed E-state index contributed by atoms with van der Waals surface area (Å²) in [6.45, 7) is 11.7. The Morgan fingerprint density at radius 2 is 1.71 bits per heavy atom. The molecule has 2 rings (SSSR count). The second-order valence-electron chi connectivity index (χ2n) is 8.85. The number of aliphatic hydroxyl groups excluding tert-OH is 3.